The van der Waals surface area contributed by atoms with Gasteiger partial charge in [-0.15, -0.1) is 12.4 Å². The molecule has 5 nitrogen and oxygen atoms in total. The van der Waals surface area contributed by atoms with E-state index in [9.17, 15) is 9.59 Å². The topological polar surface area (TPSA) is 84.2 Å². The lowest BCUT2D eigenvalue weighted by molar-refractivity contribution is -0.121. The molecule has 1 aromatic carbocycles. The second-order valence-electron chi connectivity index (χ2n) is 5.15. The summed E-state index contributed by atoms with van der Waals surface area (Å²) in [6.07, 6.45) is 3.14. The highest BCUT2D eigenvalue weighted by Crippen LogP contribution is 2.24. The molecule has 21 heavy (non-hydrogen) atoms. The van der Waals surface area contributed by atoms with Crippen molar-refractivity contribution in [1.29, 1.82) is 0 Å². The normalized spacial score (nSPS) is 20.4. The number of hydrogen-bond donors (Lipinski definition) is 3. The van der Waals surface area contributed by atoms with Gasteiger partial charge in [-0.3, -0.25) is 9.59 Å². The second-order valence-corrected chi connectivity index (χ2v) is 5.15. The lowest BCUT2D eigenvalue weighted by atomic mass is 10.0. The fourth-order valence-electron chi connectivity index (χ4n) is 2.62. The predicted octanol–water partition coefficient (Wildman–Crippen LogP) is 1.08. The van der Waals surface area contributed by atoms with Gasteiger partial charge in [-0.05, 0) is 37.4 Å². The number of carbonyl (C=O) groups is 2. The number of nitrogens with two attached hydrogens (primary N) is 1. The van der Waals surface area contributed by atoms with Crippen molar-refractivity contribution in [2.45, 2.75) is 25.3 Å². The Morgan fingerprint density at radius 2 is 1.90 bits per heavy atom. The lowest BCUT2D eigenvalue weighted by Crippen LogP contribution is -2.44. The van der Waals surface area contributed by atoms with Crippen molar-refractivity contribution in [1.82, 2.24) is 10.6 Å². The average Bonchev–Trinajstić information content (AvgIpc) is 2.92. The molecule has 1 fully saturated rings. The fourth-order valence-corrected chi connectivity index (χ4v) is 2.62. The SMILES string of the molecule is Cl.NCC1CCCC1NC(=O)CNC(=O)c1ccccc1. The summed E-state index contributed by atoms with van der Waals surface area (Å²) in [6.45, 7) is 0.600. The van der Waals surface area contributed by atoms with Gasteiger partial charge in [0.05, 0.1) is 6.54 Å². The molecule has 0 saturated heterocycles. The van der Waals surface area contributed by atoms with Crippen molar-refractivity contribution < 1.29 is 9.59 Å². The number of amides is 2. The third kappa shape index (κ3) is 5.02. The summed E-state index contributed by atoms with van der Waals surface area (Å²) in [4.78, 5) is 23.6. The van der Waals surface area contributed by atoms with E-state index in [1.165, 1.54) is 0 Å². The molecule has 1 aliphatic carbocycles. The van der Waals surface area contributed by atoms with Gasteiger partial charge in [0.1, 0.15) is 0 Å². The van der Waals surface area contributed by atoms with Crippen molar-refractivity contribution in [2.24, 2.45) is 11.7 Å². The van der Waals surface area contributed by atoms with E-state index in [1.807, 2.05) is 6.07 Å². The molecule has 2 rings (SSSR count). The highest BCUT2D eigenvalue weighted by Gasteiger charge is 2.27. The number of benzene rings is 1. The van der Waals surface area contributed by atoms with Crippen molar-refractivity contribution >= 4 is 24.2 Å². The zero-order chi connectivity index (χ0) is 14.4. The molecule has 1 aromatic rings. The van der Waals surface area contributed by atoms with E-state index in [4.69, 9.17) is 5.73 Å². The third-order valence-electron chi connectivity index (χ3n) is 3.75. The van der Waals surface area contributed by atoms with Crippen LogP contribution in [0.1, 0.15) is 29.6 Å². The molecule has 2 amide bonds. The molecule has 116 valence electrons. The zero-order valence-corrected chi connectivity index (χ0v) is 12.7. The Kier molecular flexibility index (Phi) is 7.19. The first kappa shape index (κ1) is 17.5. The van der Waals surface area contributed by atoms with Crippen molar-refractivity contribution in [3.8, 4) is 0 Å². The lowest BCUT2D eigenvalue weighted by Gasteiger charge is -2.19. The average molecular weight is 312 g/mol. The van der Waals surface area contributed by atoms with Crippen LogP contribution in [0.3, 0.4) is 0 Å². The van der Waals surface area contributed by atoms with E-state index < -0.39 is 0 Å². The Hall–Kier alpha value is -1.59. The van der Waals surface area contributed by atoms with Gasteiger partial charge in [-0.2, -0.15) is 0 Å². The Balaban J connectivity index is 0.00000220. The first-order valence-electron chi connectivity index (χ1n) is 7.03. The summed E-state index contributed by atoms with van der Waals surface area (Å²) in [5.41, 5.74) is 6.23. The summed E-state index contributed by atoms with van der Waals surface area (Å²) in [5.74, 6) is -0.0223. The number of carbonyl (C=O) groups excluding carboxylic acids is 2. The van der Waals surface area contributed by atoms with E-state index >= 15 is 0 Å². The van der Waals surface area contributed by atoms with Gasteiger partial charge in [0, 0.05) is 11.6 Å². The van der Waals surface area contributed by atoms with E-state index in [0.717, 1.165) is 19.3 Å². The van der Waals surface area contributed by atoms with Crippen LogP contribution in [0.5, 0.6) is 0 Å². The minimum absolute atomic E-state index is 0. The third-order valence-corrected chi connectivity index (χ3v) is 3.75. The maximum Gasteiger partial charge on any atom is 0.251 e. The largest absolute Gasteiger partial charge is 0.352 e. The van der Waals surface area contributed by atoms with Crippen LogP contribution in [0, 0.1) is 5.92 Å². The van der Waals surface area contributed by atoms with Gasteiger partial charge in [0.25, 0.3) is 5.91 Å². The highest BCUT2D eigenvalue weighted by atomic mass is 35.5. The van der Waals surface area contributed by atoms with Crippen LogP contribution in [0.25, 0.3) is 0 Å². The Morgan fingerprint density at radius 3 is 2.57 bits per heavy atom. The summed E-state index contributed by atoms with van der Waals surface area (Å²) in [6, 6.07) is 9.01. The van der Waals surface area contributed by atoms with Gasteiger partial charge in [0.2, 0.25) is 5.91 Å². The van der Waals surface area contributed by atoms with E-state index in [-0.39, 0.29) is 36.8 Å². The van der Waals surface area contributed by atoms with Crippen molar-refractivity contribution in [2.75, 3.05) is 13.1 Å². The standard InChI is InChI=1S/C15H21N3O2.ClH/c16-9-12-7-4-8-13(12)18-14(19)10-17-15(20)11-5-2-1-3-6-11;/h1-3,5-6,12-13H,4,7-10,16H2,(H,17,20)(H,18,19);1H. The molecule has 1 aliphatic rings. The fraction of sp³-hybridized carbons (Fsp3) is 0.467. The Labute approximate surface area is 131 Å². The minimum atomic E-state index is -0.234. The van der Waals surface area contributed by atoms with E-state index in [2.05, 4.69) is 10.6 Å². The summed E-state index contributed by atoms with van der Waals surface area (Å²) in [5, 5.41) is 5.58. The van der Waals surface area contributed by atoms with E-state index in [0.29, 0.717) is 18.0 Å². The van der Waals surface area contributed by atoms with Crippen LogP contribution in [-0.4, -0.2) is 30.9 Å². The molecule has 0 heterocycles. The van der Waals surface area contributed by atoms with Crippen LogP contribution in [0.4, 0.5) is 0 Å². The quantitative estimate of drug-likeness (QED) is 0.761. The maximum atomic E-state index is 11.8. The summed E-state index contributed by atoms with van der Waals surface area (Å²) in [7, 11) is 0. The first-order valence-corrected chi connectivity index (χ1v) is 7.03. The smallest absolute Gasteiger partial charge is 0.251 e. The van der Waals surface area contributed by atoms with Gasteiger partial charge < -0.3 is 16.4 Å². The molecular formula is C15H22ClN3O2. The summed E-state index contributed by atoms with van der Waals surface area (Å²) >= 11 is 0. The van der Waals surface area contributed by atoms with Crippen LogP contribution >= 0.6 is 12.4 Å². The Bertz CT molecular complexity index is 467. The zero-order valence-electron chi connectivity index (χ0n) is 11.9. The second kappa shape index (κ2) is 8.64. The molecule has 2 unspecified atom stereocenters. The van der Waals surface area contributed by atoms with Crippen LogP contribution in [0.2, 0.25) is 0 Å². The summed E-state index contributed by atoms with van der Waals surface area (Å²) < 4.78 is 0. The predicted molar refractivity (Wildman–Crippen MR) is 84.3 cm³/mol. The molecule has 4 N–H and O–H groups in total. The Morgan fingerprint density at radius 1 is 1.19 bits per heavy atom. The maximum absolute atomic E-state index is 11.8. The highest BCUT2D eigenvalue weighted by molar-refractivity contribution is 5.96. The van der Waals surface area contributed by atoms with Gasteiger partial charge in [-0.25, -0.2) is 0 Å². The number of hydrogen-bond acceptors (Lipinski definition) is 3. The number of nitrogens with one attached hydrogen (secondary N) is 2. The molecular weight excluding hydrogens is 290 g/mol. The van der Waals surface area contributed by atoms with Crippen LogP contribution < -0.4 is 16.4 Å². The van der Waals surface area contributed by atoms with Crippen LogP contribution in [0.15, 0.2) is 30.3 Å². The molecule has 0 aliphatic heterocycles. The van der Waals surface area contributed by atoms with Crippen molar-refractivity contribution in [3.63, 3.8) is 0 Å². The van der Waals surface area contributed by atoms with E-state index in [1.54, 1.807) is 24.3 Å². The molecule has 1 saturated carbocycles. The first-order chi connectivity index (χ1) is 9.70. The molecule has 0 spiro atoms. The van der Waals surface area contributed by atoms with Crippen LogP contribution in [-0.2, 0) is 4.79 Å². The molecule has 0 radical (unpaired) electrons. The minimum Gasteiger partial charge on any atom is -0.352 e. The van der Waals surface area contributed by atoms with Gasteiger partial charge in [0.15, 0.2) is 0 Å². The van der Waals surface area contributed by atoms with Crippen molar-refractivity contribution in [3.05, 3.63) is 35.9 Å². The van der Waals surface area contributed by atoms with Gasteiger partial charge >= 0.3 is 0 Å². The molecule has 0 bridgehead atoms. The monoisotopic (exact) mass is 311 g/mol. The number of rotatable bonds is 5. The molecule has 2 atom stereocenters. The number of halogens is 1. The molecule has 6 heteroatoms. The van der Waals surface area contributed by atoms with Gasteiger partial charge in [-0.1, -0.05) is 24.6 Å². The molecule has 0 aromatic heterocycles.